The standard InChI is InChI=1S/C23H28N2O5/c1-5-13-30-20-12-10-18(15-22(20)29-8-4)23(26)25-24-16-17-9-11-19(27-6-2)21(14-17)28-7-3/h5,9-12,14-16H,1,6-8,13H2,2-4H3,(H,25,26)/b24-16+. The van der Waals surface area contributed by atoms with Crippen LogP contribution in [0.25, 0.3) is 0 Å². The van der Waals surface area contributed by atoms with E-state index in [1.54, 1.807) is 30.5 Å². The van der Waals surface area contributed by atoms with Gasteiger partial charge in [-0.1, -0.05) is 12.7 Å². The van der Waals surface area contributed by atoms with Gasteiger partial charge in [0.05, 0.1) is 26.0 Å². The van der Waals surface area contributed by atoms with Crippen LogP contribution in [-0.2, 0) is 0 Å². The van der Waals surface area contributed by atoms with E-state index in [1.165, 1.54) is 0 Å². The first kappa shape index (κ1) is 22.8. The molecule has 0 saturated heterocycles. The number of ether oxygens (including phenoxy) is 4. The second kappa shape index (κ2) is 12.2. The van der Waals surface area contributed by atoms with Crippen molar-refractivity contribution in [2.45, 2.75) is 20.8 Å². The molecule has 2 aromatic rings. The summed E-state index contributed by atoms with van der Waals surface area (Å²) in [6, 6.07) is 10.4. The fourth-order valence-corrected chi connectivity index (χ4v) is 2.56. The Kier molecular flexibility index (Phi) is 9.24. The molecule has 0 radical (unpaired) electrons. The van der Waals surface area contributed by atoms with Gasteiger partial charge in [0.15, 0.2) is 23.0 Å². The molecule has 0 aliphatic carbocycles. The lowest BCUT2D eigenvalue weighted by molar-refractivity contribution is 0.0954. The molecule has 0 saturated carbocycles. The van der Waals surface area contributed by atoms with Crippen LogP contribution in [0, 0.1) is 0 Å². The summed E-state index contributed by atoms with van der Waals surface area (Å²) < 4.78 is 22.2. The highest BCUT2D eigenvalue weighted by atomic mass is 16.5. The fourth-order valence-electron chi connectivity index (χ4n) is 2.56. The molecule has 0 heterocycles. The second-order valence-corrected chi connectivity index (χ2v) is 5.97. The van der Waals surface area contributed by atoms with Crippen molar-refractivity contribution in [3.05, 3.63) is 60.2 Å². The smallest absolute Gasteiger partial charge is 0.271 e. The molecule has 7 nitrogen and oxygen atoms in total. The van der Waals surface area contributed by atoms with Crippen LogP contribution in [0.15, 0.2) is 54.2 Å². The summed E-state index contributed by atoms with van der Waals surface area (Å²) in [4.78, 5) is 12.4. The zero-order chi connectivity index (χ0) is 21.8. The number of benzene rings is 2. The van der Waals surface area contributed by atoms with E-state index >= 15 is 0 Å². The number of rotatable bonds is 12. The Balaban J connectivity index is 2.09. The first-order chi connectivity index (χ1) is 14.6. The minimum absolute atomic E-state index is 0.349. The van der Waals surface area contributed by atoms with Gasteiger partial charge in [-0.3, -0.25) is 4.79 Å². The molecule has 0 atom stereocenters. The number of carbonyl (C=O) groups is 1. The summed E-state index contributed by atoms with van der Waals surface area (Å²) in [5.41, 5.74) is 3.69. The summed E-state index contributed by atoms with van der Waals surface area (Å²) in [6.45, 7) is 11.2. The molecule has 7 heteroatoms. The Morgan fingerprint density at radius 3 is 2.17 bits per heavy atom. The lowest BCUT2D eigenvalue weighted by Crippen LogP contribution is -2.17. The largest absolute Gasteiger partial charge is 0.490 e. The molecule has 0 fully saturated rings. The van der Waals surface area contributed by atoms with Crippen molar-refractivity contribution >= 4 is 12.1 Å². The molecule has 0 spiro atoms. The van der Waals surface area contributed by atoms with E-state index in [1.807, 2.05) is 39.0 Å². The van der Waals surface area contributed by atoms with Crippen molar-refractivity contribution in [1.29, 1.82) is 0 Å². The average molecular weight is 412 g/mol. The summed E-state index contributed by atoms with van der Waals surface area (Å²) in [5.74, 6) is 1.98. The third-order valence-corrected chi connectivity index (χ3v) is 3.81. The van der Waals surface area contributed by atoms with E-state index in [2.05, 4.69) is 17.1 Å². The third-order valence-electron chi connectivity index (χ3n) is 3.81. The lowest BCUT2D eigenvalue weighted by Gasteiger charge is -2.12. The lowest BCUT2D eigenvalue weighted by atomic mass is 10.2. The number of carbonyl (C=O) groups excluding carboxylic acids is 1. The van der Waals surface area contributed by atoms with Crippen LogP contribution in [0.4, 0.5) is 0 Å². The Morgan fingerprint density at radius 1 is 0.900 bits per heavy atom. The van der Waals surface area contributed by atoms with Crippen LogP contribution in [0.5, 0.6) is 23.0 Å². The molecule has 160 valence electrons. The first-order valence-electron chi connectivity index (χ1n) is 9.86. The molecule has 0 unspecified atom stereocenters. The van der Waals surface area contributed by atoms with Gasteiger partial charge in [0.2, 0.25) is 0 Å². The minimum atomic E-state index is -0.363. The average Bonchev–Trinajstić information content (AvgIpc) is 2.75. The van der Waals surface area contributed by atoms with Crippen LogP contribution in [-0.4, -0.2) is 38.5 Å². The van der Waals surface area contributed by atoms with Crippen LogP contribution in [0.1, 0.15) is 36.7 Å². The Morgan fingerprint density at radius 2 is 1.50 bits per heavy atom. The molecule has 1 amide bonds. The second-order valence-electron chi connectivity index (χ2n) is 5.97. The molecule has 2 rings (SSSR count). The molecule has 1 N–H and O–H groups in total. The molecule has 0 aliphatic rings. The van der Waals surface area contributed by atoms with Crippen molar-refractivity contribution in [2.75, 3.05) is 26.4 Å². The molecule has 30 heavy (non-hydrogen) atoms. The van der Waals surface area contributed by atoms with Crippen LogP contribution in [0.3, 0.4) is 0 Å². The zero-order valence-corrected chi connectivity index (χ0v) is 17.6. The highest BCUT2D eigenvalue weighted by molar-refractivity contribution is 5.95. The number of hydrazone groups is 1. The van der Waals surface area contributed by atoms with Crippen molar-refractivity contribution < 1.29 is 23.7 Å². The Bertz CT molecular complexity index is 880. The monoisotopic (exact) mass is 412 g/mol. The van der Waals surface area contributed by atoms with Crippen molar-refractivity contribution in [3.8, 4) is 23.0 Å². The Labute approximate surface area is 177 Å². The van der Waals surface area contributed by atoms with Gasteiger partial charge in [-0.2, -0.15) is 5.10 Å². The van der Waals surface area contributed by atoms with Gasteiger partial charge in [-0.25, -0.2) is 5.43 Å². The van der Waals surface area contributed by atoms with Gasteiger partial charge in [0, 0.05) is 5.56 Å². The van der Waals surface area contributed by atoms with E-state index in [9.17, 15) is 4.79 Å². The third kappa shape index (κ3) is 6.55. The predicted octanol–water partition coefficient (Wildman–Crippen LogP) is 4.21. The number of amides is 1. The SMILES string of the molecule is C=CCOc1ccc(C(=O)N/N=C/c2ccc(OCC)c(OCC)c2)cc1OCC. The van der Waals surface area contributed by atoms with Gasteiger partial charge in [0.25, 0.3) is 5.91 Å². The maximum atomic E-state index is 12.4. The molecular weight excluding hydrogens is 384 g/mol. The number of hydrogen-bond acceptors (Lipinski definition) is 6. The zero-order valence-electron chi connectivity index (χ0n) is 17.6. The predicted molar refractivity (Wildman–Crippen MR) is 117 cm³/mol. The molecular formula is C23H28N2O5. The van der Waals surface area contributed by atoms with Gasteiger partial charge < -0.3 is 18.9 Å². The molecule has 0 aromatic heterocycles. The van der Waals surface area contributed by atoms with Crippen LogP contribution < -0.4 is 24.4 Å². The quantitative estimate of drug-likeness (QED) is 0.321. The topological polar surface area (TPSA) is 78.4 Å². The maximum Gasteiger partial charge on any atom is 0.271 e. The number of hydrogen-bond donors (Lipinski definition) is 1. The van der Waals surface area contributed by atoms with Gasteiger partial charge in [-0.15, -0.1) is 0 Å². The molecule has 2 aromatic carbocycles. The summed E-state index contributed by atoms with van der Waals surface area (Å²) in [5, 5.41) is 4.04. The minimum Gasteiger partial charge on any atom is -0.490 e. The van der Waals surface area contributed by atoms with Crippen molar-refractivity contribution in [2.24, 2.45) is 5.10 Å². The van der Waals surface area contributed by atoms with E-state index in [4.69, 9.17) is 18.9 Å². The number of nitrogens with zero attached hydrogens (tertiary/aromatic N) is 1. The maximum absolute atomic E-state index is 12.4. The number of nitrogens with one attached hydrogen (secondary N) is 1. The summed E-state index contributed by atoms with van der Waals surface area (Å²) in [7, 11) is 0. The van der Waals surface area contributed by atoms with Gasteiger partial charge >= 0.3 is 0 Å². The van der Waals surface area contributed by atoms with Gasteiger partial charge in [-0.05, 0) is 62.7 Å². The van der Waals surface area contributed by atoms with Crippen LogP contribution in [0.2, 0.25) is 0 Å². The van der Waals surface area contributed by atoms with E-state index < -0.39 is 0 Å². The van der Waals surface area contributed by atoms with Crippen molar-refractivity contribution in [1.82, 2.24) is 5.43 Å². The Hall–Kier alpha value is -3.48. The van der Waals surface area contributed by atoms with E-state index in [0.717, 1.165) is 5.56 Å². The summed E-state index contributed by atoms with van der Waals surface area (Å²) in [6.07, 6.45) is 3.18. The van der Waals surface area contributed by atoms with Gasteiger partial charge in [0.1, 0.15) is 6.61 Å². The molecule has 0 bridgehead atoms. The normalized spacial score (nSPS) is 10.5. The fraction of sp³-hybridized carbons (Fsp3) is 0.304. The van der Waals surface area contributed by atoms with E-state index in [0.29, 0.717) is 55.0 Å². The highest BCUT2D eigenvalue weighted by Crippen LogP contribution is 2.29. The van der Waals surface area contributed by atoms with Crippen LogP contribution >= 0.6 is 0 Å². The van der Waals surface area contributed by atoms with E-state index in [-0.39, 0.29) is 5.91 Å². The molecule has 0 aliphatic heterocycles. The first-order valence-corrected chi connectivity index (χ1v) is 9.86. The van der Waals surface area contributed by atoms with Crippen molar-refractivity contribution in [3.63, 3.8) is 0 Å². The summed E-state index contributed by atoms with van der Waals surface area (Å²) >= 11 is 0. The highest BCUT2D eigenvalue weighted by Gasteiger charge is 2.11.